The van der Waals surface area contributed by atoms with Gasteiger partial charge in [0.15, 0.2) is 11.6 Å². The number of nitrogens with zero attached hydrogens (tertiary/aromatic N) is 4. The molecule has 1 saturated carbocycles. The Bertz CT molecular complexity index is 1310. The minimum Gasteiger partial charge on any atom is -0.348 e. The summed E-state index contributed by atoms with van der Waals surface area (Å²) >= 11 is 0. The third kappa shape index (κ3) is 4.84. The fourth-order valence-corrected chi connectivity index (χ4v) is 5.41. The van der Waals surface area contributed by atoms with Gasteiger partial charge in [-0.15, -0.1) is 0 Å². The molecule has 7 nitrogen and oxygen atoms in total. The van der Waals surface area contributed by atoms with Crippen molar-refractivity contribution < 1.29 is 14.3 Å². The molecule has 0 N–H and O–H groups in total. The van der Waals surface area contributed by atoms with Crippen molar-refractivity contribution in [2.24, 2.45) is 0 Å². The second kappa shape index (κ2) is 9.51. The lowest BCUT2D eigenvalue weighted by molar-refractivity contribution is -0.182. The Kier molecular flexibility index (Phi) is 6.51. The van der Waals surface area contributed by atoms with E-state index in [0.29, 0.717) is 44.5 Å². The van der Waals surface area contributed by atoms with Crippen molar-refractivity contribution in [2.75, 3.05) is 13.2 Å². The Morgan fingerprint density at radius 2 is 1.70 bits per heavy atom. The maximum Gasteiger partial charge on any atom is 0.170 e. The lowest BCUT2D eigenvalue weighted by Crippen LogP contribution is -2.41. The first-order chi connectivity index (χ1) is 17.6. The van der Waals surface area contributed by atoms with Crippen LogP contribution >= 0.6 is 0 Å². The van der Waals surface area contributed by atoms with Crippen LogP contribution in [0.5, 0.6) is 0 Å². The molecule has 2 fully saturated rings. The molecule has 0 radical (unpaired) electrons. The summed E-state index contributed by atoms with van der Waals surface area (Å²) in [6, 6.07) is 14.6. The minimum absolute atomic E-state index is 0.00486. The number of nitriles is 1. The number of rotatable bonds is 5. The Hall–Kier alpha value is -3.34. The predicted octanol–water partition coefficient (Wildman–Crippen LogP) is 5.38. The van der Waals surface area contributed by atoms with E-state index in [1.165, 1.54) is 5.56 Å². The predicted molar refractivity (Wildman–Crippen MR) is 140 cm³/mol. The van der Waals surface area contributed by atoms with Gasteiger partial charge in [-0.2, -0.15) is 10.4 Å². The highest BCUT2D eigenvalue weighted by Crippen LogP contribution is 2.45. The first kappa shape index (κ1) is 25.3. The number of carbonyl (C=O) groups excluding carboxylic acids is 1. The molecular weight excluding hydrogens is 464 g/mol. The molecule has 0 bridgehead atoms. The van der Waals surface area contributed by atoms with Crippen molar-refractivity contribution in [1.82, 2.24) is 14.8 Å². The molecular formula is C30H34N4O3. The first-order valence-corrected chi connectivity index (χ1v) is 13.0. The summed E-state index contributed by atoms with van der Waals surface area (Å²) in [5, 5.41) is 14.5. The minimum atomic E-state index is -0.649. The smallest absolute Gasteiger partial charge is 0.170 e. The fraction of sp³-hybridized carbons (Fsp3) is 0.467. The van der Waals surface area contributed by atoms with Crippen molar-refractivity contribution in [3.05, 3.63) is 76.9 Å². The van der Waals surface area contributed by atoms with Crippen molar-refractivity contribution in [2.45, 2.75) is 76.4 Å². The van der Waals surface area contributed by atoms with Gasteiger partial charge in [0.25, 0.3) is 0 Å². The zero-order chi connectivity index (χ0) is 26.3. The standard InChI is InChI=1S/C30H34N4O3/c1-21-25(19-33-34(21)24-8-6-23(7-9-24)28(2,3)4)26(35)17-22-5-10-27(32-18-22)29(20-31)11-13-30(14-12-29)36-15-16-37-30/h5-10,18-19H,11-17H2,1-4H3. The molecule has 1 aromatic carbocycles. The lowest BCUT2D eigenvalue weighted by Gasteiger charge is -2.39. The second-order valence-corrected chi connectivity index (χ2v) is 11.3. The number of hydrogen-bond acceptors (Lipinski definition) is 6. The van der Waals surface area contributed by atoms with Crippen LogP contribution in [-0.2, 0) is 26.7 Å². The quantitative estimate of drug-likeness (QED) is 0.439. The number of ketones is 1. The summed E-state index contributed by atoms with van der Waals surface area (Å²) < 4.78 is 13.5. The van der Waals surface area contributed by atoms with E-state index in [4.69, 9.17) is 9.47 Å². The molecule has 1 spiro atoms. The second-order valence-electron chi connectivity index (χ2n) is 11.3. The van der Waals surface area contributed by atoms with Gasteiger partial charge in [0.1, 0.15) is 0 Å². The molecule has 0 amide bonds. The zero-order valence-electron chi connectivity index (χ0n) is 22.1. The Balaban J connectivity index is 1.27. The molecule has 1 aliphatic carbocycles. The van der Waals surface area contributed by atoms with E-state index >= 15 is 0 Å². The van der Waals surface area contributed by atoms with E-state index in [9.17, 15) is 10.1 Å². The molecule has 2 aliphatic rings. The summed E-state index contributed by atoms with van der Waals surface area (Å²) in [5.74, 6) is -0.529. The van der Waals surface area contributed by atoms with Gasteiger partial charge in [-0.25, -0.2) is 4.68 Å². The maximum absolute atomic E-state index is 13.2. The van der Waals surface area contributed by atoms with E-state index in [2.05, 4.69) is 49.1 Å². The van der Waals surface area contributed by atoms with Crippen LogP contribution in [0.3, 0.4) is 0 Å². The van der Waals surface area contributed by atoms with E-state index in [1.54, 1.807) is 12.4 Å². The zero-order valence-corrected chi connectivity index (χ0v) is 22.1. The number of aromatic nitrogens is 3. The van der Waals surface area contributed by atoms with Crippen molar-refractivity contribution >= 4 is 5.78 Å². The average Bonchev–Trinajstić information content (AvgIpc) is 3.51. The monoisotopic (exact) mass is 498 g/mol. The molecule has 7 heteroatoms. The molecule has 3 aromatic rings. The summed E-state index contributed by atoms with van der Waals surface area (Å²) in [6.07, 6.45) is 6.26. The number of benzene rings is 1. The molecule has 2 aromatic heterocycles. The van der Waals surface area contributed by atoms with Gasteiger partial charge in [0.05, 0.1) is 53.5 Å². The van der Waals surface area contributed by atoms with Crippen LogP contribution in [0.2, 0.25) is 0 Å². The molecule has 5 rings (SSSR count). The summed E-state index contributed by atoms with van der Waals surface area (Å²) in [6.45, 7) is 9.70. The molecule has 1 aliphatic heterocycles. The van der Waals surface area contributed by atoms with Crippen LogP contribution in [0.1, 0.15) is 79.3 Å². The van der Waals surface area contributed by atoms with Gasteiger partial charge >= 0.3 is 0 Å². The van der Waals surface area contributed by atoms with Gasteiger partial charge in [-0.1, -0.05) is 39.0 Å². The van der Waals surface area contributed by atoms with E-state index in [1.807, 2.05) is 35.9 Å². The van der Waals surface area contributed by atoms with Crippen LogP contribution in [0.4, 0.5) is 0 Å². The third-order valence-corrected chi connectivity index (χ3v) is 7.86. The molecule has 192 valence electrons. The highest BCUT2D eigenvalue weighted by Gasteiger charge is 2.48. The molecule has 0 unspecified atom stereocenters. The fourth-order valence-electron chi connectivity index (χ4n) is 5.41. The van der Waals surface area contributed by atoms with Crippen LogP contribution in [0.15, 0.2) is 48.8 Å². The van der Waals surface area contributed by atoms with Gasteiger partial charge in [0, 0.05) is 25.5 Å². The van der Waals surface area contributed by atoms with Gasteiger partial charge in [-0.3, -0.25) is 9.78 Å². The Morgan fingerprint density at radius 3 is 2.27 bits per heavy atom. The maximum atomic E-state index is 13.2. The van der Waals surface area contributed by atoms with Crippen LogP contribution in [-0.4, -0.2) is 39.5 Å². The topological polar surface area (TPSA) is 90.0 Å². The number of Topliss-reactive ketones (excluding diaryl/α,β-unsaturated/α-hetero) is 1. The Labute approximate surface area is 218 Å². The summed E-state index contributed by atoms with van der Waals surface area (Å²) in [7, 11) is 0. The van der Waals surface area contributed by atoms with Crippen LogP contribution in [0, 0.1) is 18.3 Å². The number of ether oxygens (including phenoxy) is 2. The Morgan fingerprint density at radius 1 is 1.03 bits per heavy atom. The first-order valence-electron chi connectivity index (χ1n) is 13.0. The van der Waals surface area contributed by atoms with Crippen LogP contribution < -0.4 is 0 Å². The summed E-state index contributed by atoms with van der Waals surface area (Å²) in [4.78, 5) is 17.8. The van der Waals surface area contributed by atoms with Gasteiger partial charge in [0.2, 0.25) is 0 Å². The lowest BCUT2D eigenvalue weighted by atomic mass is 9.70. The summed E-state index contributed by atoms with van der Waals surface area (Å²) in [5.41, 5.74) is 4.59. The number of carbonyl (C=O) groups is 1. The SMILES string of the molecule is Cc1c(C(=O)Cc2ccc(C3(C#N)CCC4(CC3)OCCO4)nc2)cnn1-c1ccc(C(C)(C)C)cc1. The molecule has 0 atom stereocenters. The van der Waals surface area contributed by atoms with Crippen molar-refractivity contribution in [1.29, 1.82) is 5.26 Å². The average molecular weight is 499 g/mol. The number of pyridine rings is 1. The highest BCUT2D eigenvalue weighted by atomic mass is 16.7. The molecule has 1 saturated heterocycles. The van der Waals surface area contributed by atoms with E-state index < -0.39 is 11.2 Å². The van der Waals surface area contributed by atoms with Crippen molar-refractivity contribution in [3.8, 4) is 11.8 Å². The van der Waals surface area contributed by atoms with Gasteiger partial charge in [-0.05, 0) is 54.5 Å². The van der Waals surface area contributed by atoms with E-state index in [0.717, 1.165) is 22.6 Å². The van der Waals surface area contributed by atoms with E-state index in [-0.39, 0.29) is 17.6 Å². The molecule has 3 heterocycles. The largest absolute Gasteiger partial charge is 0.348 e. The van der Waals surface area contributed by atoms with Crippen molar-refractivity contribution in [3.63, 3.8) is 0 Å². The number of hydrogen-bond donors (Lipinski definition) is 0. The molecule has 37 heavy (non-hydrogen) atoms. The normalized spacial score (nSPS) is 18.6. The third-order valence-electron chi connectivity index (χ3n) is 7.86. The van der Waals surface area contributed by atoms with Gasteiger partial charge < -0.3 is 9.47 Å². The highest BCUT2D eigenvalue weighted by molar-refractivity contribution is 5.98. The van der Waals surface area contributed by atoms with Crippen LogP contribution in [0.25, 0.3) is 5.69 Å².